The van der Waals surface area contributed by atoms with Gasteiger partial charge in [-0.2, -0.15) is 0 Å². The van der Waals surface area contributed by atoms with Crippen molar-refractivity contribution < 1.29 is 5.11 Å². The van der Waals surface area contributed by atoms with E-state index in [1.807, 2.05) is 0 Å². The molecule has 0 bridgehead atoms. The second-order valence-corrected chi connectivity index (χ2v) is 7.71. The maximum Gasteiger partial charge on any atom is 0.194 e. The van der Waals surface area contributed by atoms with E-state index in [2.05, 4.69) is 22.0 Å². The third-order valence-corrected chi connectivity index (χ3v) is 5.69. The first kappa shape index (κ1) is 20.2. The van der Waals surface area contributed by atoms with Crippen molar-refractivity contribution in [3.8, 4) is 0 Å². The van der Waals surface area contributed by atoms with Crippen molar-refractivity contribution in [2.45, 2.75) is 57.5 Å². The summed E-state index contributed by atoms with van der Waals surface area (Å²) in [6.45, 7) is 9.61. The van der Waals surface area contributed by atoms with Gasteiger partial charge >= 0.3 is 0 Å². The lowest BCUT2D eigenvalue weighted by Gasteiger charge is -2.25. The van der Waals surface area contributed by atoms with Crippen molar-refractivity contribution in [1.82, 2.24) is 15.1 Å². The molecule has 3 aliphatic rings. The van der Waals surface area contributed by atoms with Crippen molar-refractivity contribution in [1.29, 1.82) is 0 Å². The molecule has 2 saturated heterocycles. The predicted octanol–water partition coefficient (Wildman–Crippen LogP) is 2.29. The number of hydrogen-bond donors (Lipinski definition) is 2. The maximum atomic E-state index is 10.5. The van der Waals surface area contributed by atoms with Gasteiger partial charge in [0, 0.05) is 26.2 Å². The van der Waals surface area contributed by atoms with E-state index in [0.29, 0.717) is 6.54 Å². The Kier molecular flexibility index (Phi) is 8.07. The maximum absolute atomic E-state index is 10.5. The van der Waals surface area contributed by atoms with Gasteiger partial charge in [-0.1, -0.05) is 12.8 Å². The van der Waals surface area contributed by atoms with Gasteiger partial charge in [-0.15, -0.1) is 24.0 Å². The Morgan fingerprint density at radius 1 is 1.17 bits per heavy atom. The van der Waals surface area contributed by atoms with Crippen molar-refractivity contribution in [3.05, 3.63) is 0 Å². The molecule has 2 aliphatic heterocycles. The molecular formula is C18H35IN4O. The summed E-state index contributed by atoms with van der Waals surface area (Å²) in [6.07, 6.45) is 8.12. The molecule has 5 nitrogen and oxygen atoms in total. The van der Waals surface area contributed by atoms with Crippen molar-refractivity contribution in [2.75, 3.05) is 45.8 Å². The van der Waals surface area contributed by atoms with Gasteiger partial charge in [-0.25, -0.2) is 0 Å². The van der Waals surface area contributed by atoms with Crippen LogP contribution < -0.4 is 5.32 Å². The molecule has 0 aromatic carbocycles. The van der Waals surface area contributed by atoms with E-state index >= 15 is 0 Å². The van der Waals surface area contributed by atoms with E-state index in [0.717, 1.165) is 57.2 Å². The second kappa shape index (κ2) is 9.57. The minimum Gasteiger partial charge on any atom is -0.388 e. The largest absolute Gasteiger partial charge is 0.388 e. The number of guanidine groups is 1. The normalized spacial score (nSPS) is 27.5. The van der Waals surface area contributed by atoms with Gasteiger partial charge in [0.1, 0.15) is 0 Å². The minimum absolute atomic E-state index is 0. The molecular weight excluding hydrogens is 415 g/mol. The molecule has 0 spiro atoms. The monoisotopic (exact) mass is 450 g/mol. The van der Waals surface area contributed by atoms with Gasteiger partial charge in [-0.3, -0.25) is 4.99 Å². The zero-order chi connectivity index (χ0) is 16.1. The molecule has 1 saturated carbocycles. The molecule has 0 aromatic rings. The number of hydrogen-bond acceptors (Lipinski definition) is 3. The summed E-state index contributed by atoms with van der Waals surface area (Å²) in [5, 5.41) is 14.0. The molecule has 0 amide bonds. The number of likely N-dealkylation sites (tertiary alicyclic amines) is 2. The molecule has 24 heavy (non-hydrogen) atoms. The molecule has 2 N–H and O–H groups in total. The third-order valence-electron chi connectivity index (χ3n) is 5.69. The van der Waals surface area contributed by atoms with Gasteiger partial charge in [-0.05, 0) is 58.0 Å². The van der Waals surface area contributed by atoms with E-state index in [-0.39, 0.29) is 24.0 Å². The SMILES string of the molecule is CCNC(=NCC1(O)CCCC1)N1CCC(CN2CCCC2)C1.I. The molecule has 1 atom stereocenters. The van der Waals surface area contributed by atoms with Crippen LogP contribution in [0.1, 0.15) is 51.9 Å². The Balaban J connectivity index is 0.00000208. The molecule has 1 unspecified atom stereocenters. The number of nitrogens with one attached hydrogen (secondary N) is 1. The van der Waals surface area contributed by atoms with Crippen LogP contribution in [0.3, 0.4) is 0 Å². The quantitative estimate of drug-likeness (QED) is 0.384. The molecule has 1 aliphatic carbocycles. The fraction of sp³-hybridized carbons (Fsp3) is 0.944. The lowest BCUT2D eigenvalue weighted by molar-refractivity contribution is 0.0572. The Morgan fingerprint density at radius 3 is 2.54 bits per heavy atom. The second-order valence-electron chi connectivity index (χ2n) is 7.71. The smallest absolute Gasteiger partial charge is 0.194 e. The number of aliphatic imine (C=N–C) groups is 1. The molecule has 0 radical (unpaired) electrons. The average molecular weight is 450 g/mol. The number of aliphatic hydroxyl groups is 1. The minimum atomic E-state index is -0.546. The Labute approximate surface area is 164 Å². The average Bonchev–Trinajstić information content (AvgIpc) is 3.27. The van der Waals surface area contributed by atoms with Gasteiger partial charge in [0.2, 0.25) is 0 Å². The van der Waals surface area contributed by atoms with E-state index in [1.165, 1.54) is 38.9 Å². The highest BCUT2D eigenvalue weighted by Crippen LogP contribution is 2.29. The highest BCUT2D eigenvalue weighted by Gasteiger charge is 2.32. The molecule has 0 aromatic heterocycles. The van der Waals surface area contributed by atoms with Crippen LogP contribution in [-0.4, -0.2) is 72.3 Å². The highest BCUT2D eigenvalue weighted by atomic mass is 127. The lowest BCUT2D eigenvalue weighted by Crippen LogP contribution is -2.42. The summed E-state index contributed by atoms with van der Waals surface area (Å²) in [6, 6.07) is 0. The van der Waals surface area contributed by atoms with Crippen LogP contribution in [0.2, 0.25) is 0 Å². The summed E-state index contributed by atoms with van der Waals surface area (Å²) >= 11 is 0. The zero-order valence-electron chi connectivity index (χ0n) is 15.2. The van der Waals surface area contributed by atoms with Crippen LogP contribution in [-0.2, 0) is 0 Å². The van der Waals surface area contributed by atoms with Gasteiger partial charge in [0.05, 0.1) is 12.1 Å². The zero-order valence-corrected chi connectivity index (χ0v) is 17.5. The lowest BCUT2D eigenvalue weighted by atomic mass is 10.0. The van der Waals surface area contributed by atoms with Gasteiger partial charge < -0.3 is 20.2 Å². The number of halogens is 1. The first-order valence-corrected chi connectivity index (χ1v) is 9.66. The predicted molar refractivity (Wildman–Crippen MR) is 110 cm³/mol. The van der Waals surface area contributed by atoms with Crippen LogP contribution >= 0.6 is 24.0 Å². The first-order valence-electron chi connectivity index (χ1n) is 9.66. The summed E-state index contributed by atoms with van der Waals surface area (Å²) in [7, 11) is 0. The number of nitrogens with zero attached hydrogens (tertiary/aromatic N) is 3. The summed E-state index contributed by atoms with van der Waals surface area (Å²) < 4.78 is 0. The van der Waals surface area contributed by atoms with Crippen molar-refractivity contribution in [2.24, 2.45) is 10.9 Å². The number of rotatable bonds is 5. The summed E-state index contributed by atoms with van der Waals surface area (Å²) in [5.74, 6) is 1.78. The summed E-state index contributed by atoms with van der Waals surface area (Å²) in [5.41, 5.74) is -0.546. The Morgan fingerprint density at radius 2 is 1.88 bits per heavy atom. The topological polar surface area (TPSA) is 51.1 Å². The van der Waals surface area contributed by atoms with Gasteiger partial charge in [0.15, 0.2) is 5.96 Å². The van der Waals surface area contributed by atoms with Crippen LogP contribution in [0.5, 0.6) is 0 Å². The van der Waals surface area contributed by atoms with Gasteiger partial charge in [0.25, 0.3) is 0 Å². The molecule has 2 heterocycles. The van der Waals surface area contributed by atoms with Crippen LogP contribution in [0, 0.1) is 5.92 Å². The molecule has 3 fully saturated rings. The van der Waals surface area contributed by atoms with Crippen molar-refractivity contribution in [3.63, 3.8) is 0 Å². The van der Waals surface area contributed by atoms with Crippen LogP contribution in [0.15, 0.2) is 4.99 Å². The fourth-order valence-corrected chi connectivity index (χ4v) is 4.34. The van der Waals surface area contributed by atoms with E-state index < -0.39 is 5.60 Å². The molecule has 140 valence electrons. The fourth-order valence-electron chi connectivity index (χ4n) is 4.34. The van der Waals surface area contributed by atoms with E-state index in [1.54, 1.807) is 0 Å². The highest BCUT2D eigenvalue weighted by molar-refractivity contribution is 14.0. The summed E-state index contributed by atoms with van der Waals surface area (Å²) in [4.78, 5) is 9.81. The van der Waals surface area contributed by atoms with E-state index in [9.17, 15) is 5.11 Å². The van der Waals surface area contributed by atoms with E-state index in [4.69, 9.17) is 4.99 Å². The van der Waals surface area contributed by atoms with Crippen molar-refractivity contribution >= 4 is 29.9 Å². The first-order chi connectivity index (χ1) is 11.2. The Bertz CT molecular complexity index is 406. The molecule has 3 rings (SSSR count). The molecule has 6 heteroatoms. The standard InChI is InChI=1S/C18H34N4O.HI/c1-2-19-17(20-15-18(23)8-3-4-9-18)22-12-7-16(14-22)13-21-10-5-6-11-21;/h16,23H,2-15H2,1H3,(H,19,20);1H. The van der Waals surface area contributed by atoms with Crippen LogP contribution in [0.4, 0.5) is 0 Å². The van der Waals surface area contributed by atoms with Crippen LogP contribution in [0.25, 0.3) is 0 Å². The Hall–Kier alpha value is -0.0800. The third kappa shape index (κ3) is 5.46.